The fourth-order valence-corrected chi connectivity index (χ4v) is 7.98. The summed E-state index contributed by atoms with van der Waals surface area (Å²) in [5.41, 5.74) is 4.18. The second kappa shape index (κ2) is 13.4. The zero-order valence-electron chi connectivity index (χ0n) is 24.8. The number of carbonyl (C=O) groups excluding carboxylic acids is 1. The van der Waals surface area contributed by atoms with Gasteiger partial charge in [-0.2, -0.15) is 0 Å². The lowest BCUT2D eigenvalue weighted by Crippen LogP contribution is -2.44. The van der Waals surface area contributed by atoms with Crippen molar-refractivity contribution in [3.63, 3.8) is 0 Å². The number of aliphatic hydroxyl groups is 1. The summed E-state index contributed by atoms with van der Waals surface area (Å²) in [5, 5.41) is 12.2. The summed E-state index contributed by atoms with van der Waals surface area (Å²) in [4.78, 5) is 15.8. The average molecular weight is 597 g/mol. The number of nitrogens with one attached hydrogen (secondary N) is 1. The molecular formula is C34H45ClN2O3S. The van der Waals surface area contributed by atoms with Crippen molar-refractivity contribution in [3.8, 4) is 5.75 Å². The van der Waals surface area contributed by atoms with E-state index >= 15 is 0 Å². The molecule has 0 radical (unpaired) electrons. The van der Waals surface area contributed by atoms with E-state index in [2.05, 4.69) is 55.5 Å². The Hall–Kier alpha value is -2.15. The molecule has 5 rings (SSSR count). The molecule has 1 saturated carbocycles. The summed E-state index contributed by atoms with van der Waals surface area (Å²) in [7, 11) is 0. The maximum atomic E-state index is 13.4. The Morgan fingerprint density at radius 3 is 2.73 bits per heavy atom. The molecule has 41 heavy (non-hydrogen) atoms. The number of halogens is 1. The van der Waals surface area contributed by atoms with Crippen LogP contribution in [0.2, 0.25) is 5.02 Å². The van der Waals surface area contributed by atoms with Gasteiger partial charge in [0.2, 0.25) is 0 Å². The predicted molar refractivity (Wildman–Crippen MR) is 171 cm³/mol. The van der Waals surface area contributed by atoms with Crippen molar-refractivity contribution in [1.82, 2.24) is 4.72 Å². The first-order valence-corrected chi connectivity index (χ1v) is 16.6. The quantitative estimate of drug-likeness (QED) is 0.280. The second-order valence-corrected chi connectivity index (χ2v) is 14.0. The summed E-state index contributed by atoms with van der Waals surface area (Å²) in [5.74, 6) is 2.30. The Morgan fingerprint density at radius 2 is 2.00 bits per heavy atom. The Balaban J connectivity index is 1.50. The third kappa shape index (κ3) is 6.92. The van der Waals surface area contributed by atoms with Gasteiger partial charge in [-0.05, 0) is 103 Å². The van der Waals surface area contributed by atoms with E-state index in [4.69, 9.17) is 16.3 Å². The molecule has 2 bridgehead atoms. The zero-order valence-corrected chi connectivity index (χ0v) is 26.4. The molecule has 2 aromatic rings. The van der Waals surface area contributed by atoms with E-state index in [1.807, 2.05) is 30.3 Å². The van der Waals surface area contributed by atoms with Crippen LogP contribution < -0.4 is 14.4 Å². The van der Waals surface area contributed by atoms with Crippen molar-refractivity contribution >= 4 is 35.1 Å². The van der Waals surface area contributed by atoms with Crippen LogP contribution in [0.3, 0.4) is 0 Å². The van der Waals surface area contributed by atoms with Gasteiger partial charge in [0.05, 0.1) is 18.4 Å². The van der Waals surface area contributed by atoms with E-state index in [0.717, 1.165) is 61.7 Å². The fourth-order valence-electron chi connectivity index (χ4n) is 6.81. The van der Waals surface area contributed by atoms with Crippen LogP contribution in [-0.4, -0.2) is 42.1 Å². The number of aryl methyl sites for hydroxylation is 1. The van der Waals surface area contributed by atoms with Gasteiger partial charge in [0.15, 0.2) is 0 Å². The van der Waals surface area contributed by atoms with Crippen LogP contribution in [0, 0.1) is 23.7 Å². The number of allylic oxidation sites excluding steroid dienone is 1. The summed E-state index contributed by atoms with van der Waals surface area (Å²) in [6.45, 7) is 11.0. The molecule has 6 atom stereocenters. The van der Waals surface area contributed by atoms with Crippen LogP contribution in [0.15, 0.2) is 48.6 Å². The molecule has 7 heteroatoms. The minimum absolute atomic E-state index is 0.0705. The summed E-state index contributed by atoms with van der Waals surface area (Å²) in [6, 6.07) is 12.1. The molecule has 5 nitrogen and oxygen atoms in total. The molecule has 222 valence electrons. The second-order valence-electron chi connectivity index (χ2n) is 12.6. The maximum absolute atomic E-state index is 13.4. The van der Waals surface area contributed by atoms with E-state index in [-0.39, 0.29) is 23.0 Å². The maximum Gasteiger partial charge on any atom is 0.261 e. The van der Waals surface area contributed by atoms with Gasteiger partial charge >= 0.3 is 0 Å². The Bertz CT molecular complexity index is 1250. The third-order valence-corrected chi connectivity index (χ3v) is 11.0. The number of amides is 1. The van der Waals surface area contributed by atoms with E-state index in [1.54, 1.807) is 0 Å². The average Bonchev–Trinajstić information content (AvgIpc) is 3.09. The number of ether oxygens (including phenoxy) is 1. The molecule has 0 saturated heterocycles. The number of rotatable bonds is 4. The van der Waals surface area contributed by atoms with Crippen molar-refractivity contribution in [3.05, 3.63) is 70.3 Å². The Morgan fingerprint density at radius 1 is 1.17 bits per heavy atom. The third-order valence-electron chi connectivity index (χ3n) is 9.22. The lowest BCUT2D eigenvalue weighted by Gasteiger charge is -2.42. The Kier molecular flexibility index (Phi) is 9.93. The van der Waals surface area contributed by atoms with Crippen molar-refractivity contribution in [2.24, 2.45) is 23.7 Å². The van der Waals surface area contributed by atoms with Crippen LogP contribution in [0.25, 0.3) is 0 Å². The number of hydrogen-bond acceptors (Lipinski definition) is 5. The van der Waals surface area contributed by atoms with E-state index in [9.17, 15) is 9.90 Å². The molecule has 2 N–H and O–H groups in total. The van der Waals surface area contributed by atoms with Gasteiger partial charge in [0.25, 0.3) is 5.91 Å². The number of fused-ring (bicyclic) bond motifs is 2. The first-order valence-electron chi connectivity index (χ1n) is 15.4. The normalized spacial score (nSPS) is 29.5. The molecule has 1 fully saturated rings. The molecule has 3 aliphatic rings. The van der Waals surface area contributed by atoms with Crippen LogP contribution in [0.5, 0.6) is 5.75 Å². The zero-order chi connectivity index (χ0) is 29.1. The molecule has 2 aromatic carbocycles. The highest BCUT2D eigenvalue weighted by Gasteiger charge is 2.38. The van der Waals surface area contributed by atoms with Gasteiger partial charge in [0, 0.05) is 34.8 Å². The molecule has 1 aliphatic carbocycles. The van der Waals surface area contributed by atoms with E-state index in [0.29, 0.717) is 29.9 Å². The molecule has 6 unspecified atom stereocenters. The number of benzene rings is 2. The minimum Gasteiger partial charge on any atom is -0.491 e. The number of hydrogen-bond donors (Lipinski definition) is 2. The fraction of sp³-hybridized carbons (Fsp3) is 0.559. The standard InChI is InChI=1S/C34H45ClN2O3S/c1-5-7-23-16-27(35)12-14-28(23)26-19-37-18-25-10-13-29(25)31(38)9-6-8-22(4)33(21(2)3)41-36-34(39)24-11-15-32(40-20-26)30(37)17-24/h6,9,11-12,14-17,21-22,25-26,29,31,33,38H,5,7-8,10,13,18-20H2,1-4H3,(H,36,39)/b9-6+. The van der Waals surface area contributed by atoms with Crippen molar-refractivity contribution < 1.29 is 14.6 Å². The number of aliphatic hydroxyl groups excluding tert-OH is 1. The topological polar surface area (TPSA) is 61.8 Å². The molecule has 0 spiro atoms. The lowest BCUT2D eigenvalue weighted by molar-refractivity contribution is 0.0461. The summed E-state index contributed by atoms with van der Waals surface area (Å²) >= 11 is 7.93. The highest BCUT2D eigenvalue weighted by atomic mass is 35.5. The summed E-state index contributed by atoms with van der Waals surface area (Å²) in [6.07, 6.45) is 8.77. The Labute approximate surface area is 255 Å². The highest BCUT2D eigenvalue weighted by molar-refractivity contribution is 7.98. The van der Waals surface area contributed by atoms with Gasteiger partial charge in [-0.25, -0.2) is 0 Å². The smallest absolute Gasteiger partial charge is 0.261 e. The highest BCUT2D eigenvalue weighted by Crippen LogP contribution is 2.43. The van der Waals surface area contributed by atoms with E-state index in [1.165, 1.54) is 23.1 Å². The predicted octanol–water partition coefficient (Wildman–Crippen LogP) is 7.66. The molecule has 1 amide bonds. The molecule has 2 aliphatic heterocycles. The summed E-state index contributed by atoms with van der Waals surface area (Å²) < 4.78 is 9.62. The SMILES string of the molecule is CCCc1cc(Cl)ccc1C1COc2ccc3cc2N(C1)CC1CCC1C(O)/C=C/CC(C)C(C(C)C)SNC3=O. The molecule has 2 heterocycles. The van der Waals surface area contributed by atoms with Crippen LogP contribution in [-0.2, 0) is 6.42 Å². The monoisotopic (exact) mass is 596 g/mol. The van der Waals surface area contributed by atoms with Crippen LogP contribution >= 0.6 is 23.5 Å². The number of carbonyl (C=O) groups is 1. The lowest BCUT2D eigenvalue weighted by atomic mass is 9.70. The number of anilines is 1. The first kappa shape index (κ1) is 30.3. The van der Waals surface area contributed by atoms with E-state index < -0.39 is 6.10 Å². The van der Waals surface area contributed by atoms with Crippen molar-refractivity contribution in [2.45, 2.75) is 77.1 Å². The van der Waals surface area contributed by atoms with Crippen LogP contribution in [0.1, 0.15) is 80.8 Å². The van der Waals surface area contributed by atoms with Crippen molar-refractivity contribution in [2.75, 3.05) is 24.6 Å². The van der Waals surface area contributed by atoms with Gasteiger partial charge in [-0.1, -0.05) is 63.9 Å². The van der Waals surface area contributed by atoms with Gasteiger partial charge in [-0.3, -0.25) is 9.52 Å². The van der Waals surface area contributed by atoms with Gasteiger partial charge in [0.1, 0.15) is 5.75 Å². The van der Waals surface area contributed by atoms with Gasteiger partial charge < -0.3 is 14.7 Å². The number of nitrogens with zero attached hydrogens (tertiary/aromatic N) is 1. The van der Waals surface area contributed by atoms with Crippen molar-refractivity contribution in [1.29, 1.82) is 0 Å². The van der Waals surface area contributed by atoms with Crippen LogP contribution in [0.4, 0.5) is 5.69 Å². The minimum atomic E-state index is -0.434. The van der Waals surface area contributed by atoms with Gasteiger partial charge in [-0.15, -0.1) is 0 Å². The largest absolute Gasteiger partial charge is 0.491 e. The molecular weight excluding hydrogens is 552 g/mol. The first-order chi connectivity index (χ1) is 19.7. The molecule has 0 aromatic heterocycles.